The minimum absolute atomic E-state index is 0.0290. The fraction of sp³-hybridized carbons (Fsp3) is 0.800. The van der Waals surface area contributed by atoms with E-state index in [4.69, 9.17) is 12.2 Å². The van der Waals surface area contributed by atoms with Crippen molar-refractivity contribution in [2.45, 2.75) is 52.6 Å². The van der Waals surface area contributed by atoms with Crippen LogP contribution in [0.3, 0.4) is 0 Å². The smallest absolute Gasteiger partial charge is 0.237 e. The number of aryl methyl sites for hydroxylation is 1. The number of aromatic nitrogens is 3. The van der Waals surface area contributed by atoms with E-state index in [1.54, 1.807) is 0 Å². The van der Waals surface area contributed by atoms with Crippen LogP contribution in [0.25, 0.3) is 0 Å². The zero-order valence-electron chi connectivity index (χ0n) is 13.8. The van der Waals surface area contributed by atoms with Gasteiger partial charge in [-0.05, 0) is 51.0 Å². The molecular formula is C15H27N5OS. The van der Waals surface area contributed by atoms with E-state index in [1.807, 2.05) is 11.5 Å². The lowest BCUT2D eigenvalue weighted by atomic mass is 9.98. The minimum atomic E-state index is -0.0290. The number of carbonyl (C=O) groups is 1. The Labute approximate surface area is 137 Å². The first-order valence-electron chi connectivity index (χ1n) is 8.14. The number of hydrogen-bond acceptors (Lipinski definition) is 4. The Morgan fingerprint density at radius 1 is 1.36 bits per heavy atom. The molecule has 2 heterocycles. The lowest BCUT2D eigenvalue weighted by Gasteiger charge is -2.35. The van der Waals surface area contributed by atoms with Crippen LogP contribution < -0.4 is 5.32 Å². The van der Waals surface area contributed by atoms with Crippen LogP contribution in [0.1, 0.15) is 38.9 Å². The number of aromatic amines is 1. The fourth-order valence-electron chi connectivity index (χ4n) is 3.14. The second-order valence-electron chi connectivity index (χ2n) is 6.30. The number of rotatable bonds is 6. The summed E-state index contributed by atoms with van der Waals surface area (Å²) >= 11 is 5.17. The molecule has 0 aromatic carbocycles. The molecule has 7 heteroatoms. The summed E-state index contributed by atoms with van der Waals surface area (Å²) in [6.07, 6.45) is 3.67. The first-order valence-corrected chi connectivity index (χ1v) is 8.55. The number of nitrogens with one attached hydrogen (secondary N) is 2. The molecule has 22 heavy (non-hydrogen) atoms. The highest BCUT2D eigenvalue weighted by Gasteiger charge is 2.29. The third kappa shape index (κ3) is 4.16. The van der Waals surface area contributed by atoms with Crippen molar-refractivity contribution in [1.82, 2.24) is 25.0 Å². The number of hydrogen-bond donors (Lipinski definition) is 2. The van der Waals surface area contributed by atoms with E-state index in [2.05, 4.69) is 34.3 Å². The molecular weight excluding hydrogens is 298 g/mol. The predicted molar refractivity (Wildman–Crippen MR) is 89.2 cm³/mol. The SMILES string of the molecule is Cc1n[nH]c(=S)n1CCNC(=O)[C@H](C(C)C)N1CCCCC1. The summed E-state index contributed by atoms with van der Waals surface area (Å²) in [7, 11) is 0. The Balaban J connectivity index is 1.90. The van der Waals surface area contributed by atoms with Crippen LogP contribution in [-0.4, -0.2) is 51.2 Å². The lowest BCUT2D eigenvalue weighted by molar-refractivity contribution is -0.128. The monoisotopic (exact) mass is 325 g/mol. The van der Waals surface area contributed by atoms with E-state index >= 15 is 0 Å². The summed E-state index contributed by atoms with van der Waals surface area (Å²) in [5.41, 5.74) is 0. The fourth-order valence-corrected chi connectivity index (χ4v) is 3.41. The Kier molecular flexibility index (Phi) is 6.14. The standard InChI is InChI=1S/C15H27N5OS/c1-11(2)13(19-8-5-4-6-9-19)14(21)16-7-10-20-12(3)17-18-15(20)22/h11,13H,4-10H2,1-3H3,(H,16,21)(H,18,22)/t13-/m0/s1. The van der Waals surface area contributed by atoms with Crippen molar-refractivity contribution in [3.8, 4) is 0 Å². The second kappa shape index (κ2) is 7.87. The largest absolute Gasteiger partial charge is 0.353 e. The van der Waals surface area contributed by atoms with Gasteiger partial charge in [0, 0.05) is 13.1 Å². The van der Waals surface area contributed by atoms with Crippen LogP contribution in [0.5, 0.6) is 0 Å². The molecule has 0 saturated carbocycles. The molecule has 0 bridgehead atoms. The van der Waals surface area contributed by atoms with Gasteiger partial charge < -0.3 is 9.88 Å². The zero-order valence-corrected chi connectivity index (χ0v) is 14.6. The number of H-pyrrole nitrogens is 1. The normalized spacial score (nSPS) is 17.6. The Hall–Kier alpha value is -1.21. The van der Waals surface area contributed by atoms with Gasteiger partial charge in [0.2, 0.25) is 5.91 Å². The molecule has 0 radical (unpaired) electrons. The maximum atomic E-state index is 12.6. The molecule has 2 N–H and O–H groups in total. The van der Waals surface area contributed by atoms with E-state index in [9.17, 15) is 4.79 Å². The van der Waals surface area contributed by atoms with E-state index < -0.39 is 0 Å². The average molecular weight is 325 g/mol. The molecule has 1 amide bonds. The summed E-state index contributed by atoms with van der Waals surface area (Å²) in [5.74, 6) is 1.29. The van der Waals surface area contributed by atoms with Crippen molar-refractivity contribution in [2.24, 2.45) is 5.92 Å². The molecule has 1 aromatic rings. The number of nitrogens with zero attached hydrogens (tertiary/aromatic N) is 3. The molecule has 0 aliphatic carbocycles. The highest BCUT2D eigenvalue weighted by Crippen LogP contribution is 2.17. The molecule has 1 aromatic heterocycles. The maximum Gasteiger partial charge on any atom is 0.237 e. The van der Waals surface area contributed by atoms with E-state index in [-0.39, 0.29) is 11.9 Å². The van der Waals surface area contributed by atoms with Crippen molar-refractivity contribution in [2.75, 3.05) is 19.6 Å². The van der Waals surface area contributed by atoms with Crippen LogP contribution in [0.2, 0.25) is 0 Å². The molecule has 1 aliphatic heterocycles. The zero-order chi connectivity index (χ0) is 16.1. The summed E-state index contributed by atoms with van der Waals surface area (Å²) in [4.78, 5) is 14.9. The van der Waals surface area contributed by atoms with Gasteiger partial charge in [-0.1, -0.05) is 20.3 Å². The number of amides is 1. The highest BCUT2D eigenvalue weighted by molar-refractivity contribution is 7.71. The first kappa shape index (κ1) is 17.1. The van der Waals surface area contributed by atoms with Gasteiger partial charge >= 0.3 is 0 Å². The van der Waals surface area contributed by atoms with Gasteiger partial charge in [-0.3, -0.25) is 14.8 Å². The average Bonchev–Trinajstić information content (AvgIpc) is 2.80. The summed E-state index contributed by atoms with van der Waals surface area (Å²) < 4.78 is 2.50. The summed E-state index contributed by atoms with van der Waals surface area (Å²) in [6.45, 7) is 9.43. The van der Waals surface area contributed by atoms with Gasteiger partial charge in [0.05, 0.1) is 6.04 Å². The van der Waals surface area contributed by atoms with Crippen LogP contribution >= 0.6 is 12.2 Å². The minimum Gasteiger partial charge on any atom is -0.353 e. The molecule has 1 saturated heterocycles. The number of piperidine rings is 1. The molecule has 1 aliphatic rings. The summed E-state index contributed by atoms with van der Waals surface area (Å²) in [5, 5.41) is 9.90. The van der Waals surface area contributed by atoms with Gasteiger partial charge in [-0.2, -0.15) is 5.10 Å². The van der Waals surface area contributed by atoms with Crippen molar-refractivity contribution in [1.29, 1.82) is 0 Å². The molecule has 0 spiro atoms. The quantitative estimate of drug-likeness (QED) is 0.784. The van der Waals surface area contributed by atoms with Gasteiger partial charge in [-0.25, -0.2) is 0 Å². The van der Waals surface area contributed by atoms with Crippen LogP contribution in [0, 0.1) is 17.6 Å². The van der Waals surface area contributed by atoms with Crippen molar-refractivity contribution in [3.05, 3.63) is 10.6 Å². The van der Waals surface area contributed by atoms with Crippen LogP contribution in [-0.2, 0) is 11.3 Å². The van der Waals surface area contributed by atoms with Gasteiger partial charge in [0.15, 0.2) is 4.77 Å². The molecule has 2 rings (SSSR count). The Morgan fingerprint density at radius 2 is 2.05 bits per heavy atom. The van der Waals surface area contributed by atoms with Gasteiger partial charge in [-0.15, -0.1) is 0 Å². The molecule has 1 fully saturated rings. The topological polar surface area (TPSA) is 66.0 Å². The second-order valence-corrected chi connectivity index (χ2v) is 6.69. The molecule has 1 atom stereocenters. The maximum absolute atomic E-state index is 12.6. The third-order valence-corrected chi connectivity index (χ3v) is 4.58. The van der Waals surface area contributed by atoms with Crippen molar-refractivity contribution >= 4 is 18.1 Å². The van der Waals surface area contributed by atoms with E-state index in [1.165, 1.54) is 19.3 Å². The number of likely N-dealkylation sites (tertiary alicyclic amines) is 1. The van der Waals surface area contributed by atoms with E-state index in [0.717, 1.165) is 18.9 Å². The third-order valence-electron chi connectivity index (χ3n) is 4.27. The predicted octanol–water partition coefficient (Wildman–Crippen LogP) is 1.88. The molecule has 6 nitrogen and oxygen atoms in total. The molecule has 124 valence electrons. The Bertz CT molecular complexity index is 544. The van der Waals surface area contributed by atoms with E-state index in [0.29, 0.717) is 23.8 Å². The van der Waals surface area contributed by atoms with Gasteiger partial charge in [0.25, 0.3) is 0 Å². The van der Waals surface area contributed by atoms with Crippen molar-refractivity contribution in [3.63, 3.8) is 0 Å². The van der Waals surface area contributed by atoms with Crippen molar-refractivity contribution < 1.29 is 4.79 Å². The van der Waals surface area contributed by atoms with Crippen LogP contribution in [0.4, 0.5) is 0 Å². The number of carbonyl (C=O) groups excluding carboxylic acids is 1. The van der Waals surface area contributed by atoms with Gasteiger partial charge in [0.1, 0.15) is 5.82 Å². The highest BCUT2D eigenvalue weighted by atomic mass is 32.1. The molecule has 0 unspecified atom stereocenters. The van der Waals surface area contributed by atoms with Crippen LogP contribution in [0.15, 0.2) is 0 Å². The lowest BCUT2D eigenvalue weighted by Crippen LogP contribution is -2.52. The Morgan fingerprint density at radius 3 is 2.59 bits per heavy atom. The summed E-state index contributed by atoms with van der Waals surface area (Å²) in [6, 6.07) is -0.0290. The first-order chi connectivity index (χ1) is 10.5.